The Bertz CT molecular complexity index is 1760. The van der Waals surface area contributed by atoms with Crippen LogP contribution < -0.4 is 10.2 Å². The van der Waals surface area contributed by atoms with E-state index >= 15 is 0 Å². The predicted molar refractivity (Wildman–Crippen MR) is 170 cm³/mol. The van der Waals surface area contributed by atoms with Crippen LogP contribution in [0.4, 0.5) is 5.69 Å². The fourth-order valence-corrected chi connectivity index (χ4v) is 5.87. The van der Waals surface area contributed by atoms with Crippen molar-refractivity contribution in [2.75, 3.05) is 0 Å². The van der Waals surface area contributed by atoms with Crippen molar-refractivity contribution < 1.29 is 14.5 Å². The fraction of sp³-hybridized carbons (Fsp3) is 0.0625. The minimum Gasteiger partial charge on any atom is -0.487 e. The second-order valence-corrected chi connectivity index (χ2v) is 11.0. The molecule has 0 atom stereocenters. The van der Waals surface area contributed by atoms with E-state index in [2.05, 4.69) is 78.1 Å². The summed E-state index contributed by atoms with van der Waals surface area (Å²) in [6.45, 7) is 2.20. The summed E-state index contributed by atoms with van der Waals surface area (Å²) in [7, 11) is 0. The summed E-state index contributed by atoms with van der Waals surface area (Å²) in [6, 6.07) is 31.6. The fourth-order valence-electron chi connectivity index (χ4n) is 4.41. The maximum atomic E-state index is 12.7. The van der Waals surface area contributed by atoms with Gasteiger partial charge in [-0.3, -0.25) is 14.9 Å². The van der Waals surface area contributed by atoms with Gasteiger partial charge < -0.3 is 9.30 Å². The number of nitro groups is 1. The Labute approximate surface area is 259 Å². The van der Waals surface area contributed by atoms with Gasteiger partial charge in [0.15, 0.2) is 0 Å². The molecule has 0 saturated carbocycles. The summed E-state index contributed by atoms with van der Waals surface area (Å²) in [5.41, 5.74) is 8.68. The number of nitrogens with one attached hydrogen (secondary N) is 1. The predicted octanol–water partition coefficient (Wildman–Crippen LogP) is 8.23. The number of hydrazone groups is 1. The molecule has 1 amide bonds. The minimum absolute atomic E-state index is 0.00646. The van der Waals surface area contributed by atoms with Crippen LogP contribution in [0.5, 0.6) is 5.75 Å². The lowest BCUT2D eigenvalue weighted by Gasteiger charge is -2.13. The molecule has 10 heteroatoms. The van der Waals surface area contributed by atoms with Crippen LogP contribution in [-0.2, 0) is 6.61 Å². The lowest BCUT2D eigenvalue weighted by molar-refractivity contribution is -0.384. The van der Waals surface area contributed by atoms with E-state index in [9.17, 15) is 14.9 Å². The van der Waals surface area contributed by atoms with Crippen molar-refractivity contribution >= 4 is 49.7 Å². The summed E-state index contributed by atoms with van der Waals surface area (Å²) in [5, 5.41) is 15.1. The van der Waals surface area contributed by atoms with E-state index in [0.29, 0.717) is 31.4 Å². The zero-order valence-electron chi connectivity index (χ0n) is 22.3. The van der Waals surface area contributed by atoms with Gasteiger partial charge in [0.25, 0.3) is 11.6 Å². The van der Waals surface area contributed by atoms with Crippen LogP contribution in [0.3, 0.4) is 0 Å². The first-order chi connectivity index (χ1) is 20.3. The number of ether oxygens (including phenoxy) is 1. The molecular weight excluding hydrogens is 664 g/mol. The van der Waals surface area contributed by atoms with Gasteiger partial charge >= 0.3 is 0 Å². The number of hydrogen-bond donors (Lipinski definition) is 1. The zero-order chi connectivity index (χ0) is 29.6. The van der Waals surface area contributed by atoms with Gasteiger partial charge in [0.05, 0.1) is 25.8 Å². The molecule has 0 saturated heterocycles. The largest absolute Gasteiger partial charge is 0.487 e. The third-order valence-electron chi connectivity index (χ3n) is 6.44. The molecule has 5 rings (SSSR count). The molecule has 0 aliphatic carbocycles. The molecule has 0 radical (unpaired) electrons. The SMILES string of the molecule is Cc1ccc(-c2ccccc2)n1-c1ccc(C(=O)N/N=C/c2cc(Br)c(OCc3cccc([N+](=O)[O-])c3)c(Br)c2)cc1. The highest BCUT2D eigenvalue weighted by molar-refractivity contribution is 9.11. The number of carbonyl (C=O) groups is 1. The molecular formula is C32H24Br2N4O4. The standard InChI is InChI=1S/C32H24Br2N4O4/c1-21-10-15-30(24-7-3-2-4-8-24)37(21)26-13-11-25(12-14-26)32(39)36-35-19-23-17-28(33)31(29(34)18-23)42-20-22-6-5-9-27(16-22)38(40)41/h2-19H,20H2,1H3,(H,36,39)/b35-19+. The Kier molecular flexibility index (Phi) is 8.94. The van der Waals surface area contributed by atoms with Crippen molar-refractivity contribution in [2.24, 2.45) is 5.10 Å². The van der Waals surface area contributed by atoms with Crippen LogP contribution in [0, 0.1) is 17.0 Å². The van der Waals surface area contributed by atoms with Gasteiger partial charge in [-0.1, -0.05) is 42.5 Å². The molecule has 1 N–H and O–H groups in total. The second-order valence-electron chi connectivity index (χ2n) is 9.34. The summed E-state index contributed by atoms with van der Waals surface area (Å²) in [4.78, 5) is 23.3. The van der Waals surface area contributed by atoms with Crippen LogP contribution >= 0.6 is 31.9 Å². The van der Waals surface area contributed by atoms with Crippen molar-refractivity contribution in [3.63, 3.8) is 0 Å². The summed E-state index contributed by atoms with van der Waals surface area (Å²) >= 11 is 7.00. The number of aromatic nitrogens is 1. The average molecular weight is 688 g/mol. The van der Waals surface area contributed by atoms with Crippen molar-refractivity contribution in [3.8, 4) is 22.7 Å². The third kappa shape index (κ3) is 6.67. The first-order valence-corrected chi connectivity index (χ1v) is 14.4. The summed E-state index contributed by atoms with van der Waals surface area (Å²) < 4.78 is 9.35. The van der Waals surface area contributed by atoms with Crippen LogP contribution in [0.1, 0.15) is 27.2 Å². The number of non-ortho nitro benzene ring substituents is 1. The number of nitro benzene ring substituents is 1. The number of amides is 1. The first kappa shape index (κ1) is 29.0. The molecule has 0 fully saturated rings. The van der Waals surface area contributed by atoms with E-state index < -0.39 is 4.92 Å². The molecule has 1 heterocycles. The monoisotopic (exact) mass is 686 g/mol. The lowest BCUT2D eigenvalue weighted by Crippen LogP contribution is -2.17. The van der Waals surface area contributed by atoms with E-state index in [-0.39, 0.29) is 18.2 Å². The van der Waals surface area contributed by atoms with Crippen molar-refractivity contribution in [2.45, 2.75) is 13.5 Å². The number of hydrogen-bond acceptors (Lipinski definition) is 5. The number of rotatable bonds is 9. The van der Waals surface area contributed by atoms with E-state index in [1.807, 2.05) is 30.3 Å². The van der Waals surface area contributed by atoms with Gasteiger partial charge in [-0.2, -0.15) is 5.10 Å². The number of carbonyl (C=O) groups excluding carboxylic acids is 1. The Morgan fingerprint density at radius 1 is 0.952 bits per heavy atom. The number of aryl methyl sites for hydroxylation is 1. The highest BCUT2D eigenvalue weighted by Gasteiger charge is 2.13. The van der Waals surface area contributed by atoms with Gasteiger partial charge in [0, 0.05) is 29.1 Å². The van der Waals surface area contributed by atoms with E-state index in [1.54, 1.807) is 36.4 Å². The molecule has 0 aliphatic heterocycles. The molecule has 210 valence electrons. The van der Waals surface area contributed by atoms with Crippen LogP contribution in [-0.4, -0.2) is 21.6 Å². The van der Waals surface area contributed by atoms with Gasteiger partial charge in [0.1, 0.15) is 12.4 Å². The van der Waals surface area contributed by atoms with E-state index in [0.717, 1.165) is 22.6 Å². The zero-order valence-corrected chi connectivity index (χ0v) is 25.5. The quantitative estimate of drug-likeness (QED) is 0.0959. The maximum absolute atomic E-state index is 12.7. The molecule has 1 aromatic heterocycles. The summed E-state index contributed by atoms with van der Waals surface area (Å²) in [5.74, 6) is 0.205. The van der Waals surface area contributed by atoms with Crippen molar-refractivity contribution in [1.29, 1.82) is 0 Å². The third-order valence-corrected chi connectivity index (χ3v) is 7.62. The van der Waals surface area contributed by atoms with Gasteiger partial charge in [-0.25, -0.2) is 5.43 Å². The first-order valence-electron chi connectivity index (χ1n) is 12.8. The number of benzene rings is 4. The van der Waals surface area contributed by atoms with E-state index in [4.69, 9.17) is 4.74 Å². The van der Waals surface area contributed by atoms with Gasteiger partial charge in [-0.15, -0.1) is 0 Å². The second kappa shape index (κ2) is 13.0. The molecule has 42 heavy (non-hydrogen) atoms. The van der Waals surface area contributed by atoms with Crippen LogP contribution in [0.15, 0.2) is 117 Å². The molecule has 0 spiro atoms. The minimum atomic E-state index is -0.441. The topological polar surface area (TPSA) is 98.8 Å². The number of halogens is 2. The van der Waals surface area contributed by atoms with Crippen LogP contribution in [0.25, 0.3) is 16.9 Å². The lowest BCUT2D eigenvalue weighted by atomic mass is 10.1. The smallest absolute Gasteiger partial charge is 0.271 e. The Morgan fingerprint density at radius 2 is 1.67 bits per heavy atom. The normalized spacial score (nSPS) is 11.0. The maximum Gasteiger partial charge on any atom is 0.271 e. The molecule has 4 aromatic carbocycles. The molecule has 5 aromatic rings. The molecule has 0 bridgehead atoms. The van der Waals surface area contributed by atoms with Crippen LogP contribution in [0.2, 0.25) is 0 Å². The highest BCUT2D eigenvalue weighted by Crippen LogP contribution is 2.35. The number of nitrogens with zero attached hydrogens (tertiary/aromatic N) is 3. The van der Waals surface area contributed by atoms with Crippen molar-refractivity contribution in [1.82, 2.24) is 9.99 Å². The molecule has 8 nitrogen and oxygen atoms in total. The van der Waals surface area contributed by atoms with E-state index in [1.165, 1.54) is 18.3 Å². The Hall–Kier alpha value is -4.54. The van der Waals surface area contributed by atoms with Gasteiger partial charge in [-0.05, 0) is 104 Å². The van der Waals surface area contributed by atoms with Crippen molar-refractivity contribution in [3.05, 3.63) is 145 Å². The van der Waals surface area contributed by atoms with Gasteiger partial charge in [0.2, 0.25) is 0 Å². The Morgan fingerprint density at radius 3 is 2.36 bits per heavy atom. The Balaban J connectivity index is 1.22. The summed E-state index contributed by atoms with van der Waals surface area (Å²) in [6.07, 6.45) is 1.53. The molecule has 0 unspecified atom stereocenters. The highest BCUT2D eigenvalue weighted by atomic mass is 79.9. The molecule has 0 aliphatic rings. The average Bonchev–Trinajstić information content (AvgIpc) is 3.38.